The van der Waals surface area contributed by atoms with Crippen LogP contribution < -0.4 is 10.1 Å². The van der Waals surface area contributed by atoms with Crippen LogP contribution in [0.4, 0.5) is 0 Å². The molecule has 2 aromatic carbocycles. The smallest absolute Gasteiger partial charge is 0.251 e. The number of carbonyl (C=O) groups is 1. The van der Waals surface area contributed by atoms with E-state index >= 15 is 0 Å². The van der Waals surface area contributed by atoms with Gasteiger partial charge in [-0.25, -0.2) is 0 Å². The maximum Gasteiger partial charge on any atom is 0.251 e. The van der Waals surface area contributed by atoms with E-state index in [2.05, 4.69) is 10.2 Å². The van der Waals surface area contributed by atoms with E-state index in [-0.39, 0.29) is 11.9 Å². The molecule has 2 heterocycles. The third kappa shape index (κ3) is 5.06. The fraction of sp³-hybridized carbons (Fsp3) is 0.292. The number of nitrogens with one attached hydrogen (secondary N) is 1. The van der Waals surface area contributed by atoms with Crippen molar-refractivity contribution in [3.63, 3.8) is 0 Å². The number of hydrogen-bond donors (Lipinski definition) is 1. The van der Waals surface area contributed by atoms with Gasteiger partial charge in [0.2, 0.25) is 0 Å². The second-order valence-electron chi connectivity index (χ2n) is 7.28. The van der Waals surface area contributed by atoms with E-state index in [1.54, 1.807) is 6.26 Å². The number of nitrogens with zero attached hydrogens (tertiary/aromatic N) is 1. The molecule has 1 N–H and O–H groups in total. The van der Waals surface area contributed by atoms with E-state index in [4.69, 9.17) is 9.15 Å². The largest absolute Gasteiger partial charge is 0.489 e. The number of hydrogen-bond acceptors (Lipinski definition) is 4. The highest BCUT2D eigenvalue weighted by Crippen LogP contribution is 2.25. The zero-order valence-electron chi connectivity index (χ0n) is 16.4. The number of amides is 1. The van der Waals surface area contributed by atoms with Crippen molar-refractivity contribution < 1.29 is 13.9 Å². The van der Waals surface area contributed by atoms with Crippen LogP contribution in [0.2, 0.25) is 0 Å². The number of para-hydroxylation sites is 1. The normalized spacial score (nSPS) is 15.2. The fourth-order valence-electron chi connectivity index (χ4n) is 3.67. The van der Waals surface area contributed by atoms with Crippen LogP contribution in [0.15, 0.2) is 77.4 Å². The first-order chi connectivity index (χ1) is 14.3. The lowest BCUT2D eigenvalue weighted by Gasteiger charge is -2.26. The van der Waals surface area contributed by atoms with Crippen LogP contribution >= 0.6 is 0 Å². The summed E-state index contributed by atoms with van der Waals surface area (Å²) in [7, 11) is 0. The third-order valence-corrected chi connectivity index (χ3v) is 5.27. The Morgan fingerprint density at radius 2 is 1.76 bits per heavy atom. The summed E-state index contributed by atoms with van der Waals surface area (Å²) in [6.45, 7) is 3.08. The second kappa shape index (κ2) is 9.43. The van der Waals surface area contributed by atoms with Gasteiger partial charge in [0.15, 0.2) is 0 Å². The van der Waals surface area contributed by atoms with Gasteiger partial charge in [-0.2, -0.15) is 0 Å². The monoisotopic (exact) mass is 390 g/mol. The molecule has 0 saturated carbocycles. The van der Waals surface area contributed by atoms with E-state index in [9.17, 15) is 4.79 Å². The van der Waals surface area contributed by atoms with Crippen molar-refractivity contribution >= 4 is 5.91 Å². The highest BCUT2D eigenvalue weighted by atomic mass is 16.5. The van der Waals surface area contributed by atoms with Crippen LogP contribution in [0.25, 0.3) is 0 Å². The Balaban J connectivity index is 1.33. The fourth-order valence-corrected chi connectivity index (χ4v) is 3.67. The van der Waals surface area contributed by atoms with Crippen LogP contribution in [0.1, 0.15) is 40.6 Å². The van der Waals surface area contributed by atoms with Crippen molar-refractivity contribution in [2.24, 2.45) is 0 Å². The van der Waals surface area contributed by atoms with Gasteiger partial charge in [-0.15, -0.1) is 0 Å². The Morgan fingerprint density at radius 1 is 1.00 bits per heavy atom. The number of benzene rings is 2. The van der Waals surface area contributed by atoms with Crippen LogP contribution in [-0.4, -0.2) is 30.4 Å². The van der Waals surface area contributed by atoms with E-state index in [1.165, 1.54) is 12.8 Å². The number of likely N-dealkylation sites (tertiary alicyclic amines) is 1. The molecule has 4 rings (SSSR count). The lowest BCUT2D eigenvalue weighted by Crippen LogP contribution is -2.36. The topological polar surface area (TPSA) is 54.7 Å². The molecule has 3 aromatic rings. The molecule has 0 aliphatic carbocycles. The first-order valence-electron chi connectivity index (χ1n) is 10.1. The van der Waals surface area contributed by atoms with Gasteiger partial charge in [-0.05, 0) is 67.9 Å². The molecule has 29 heavy (non-hydrogen) atoms. The molecule has 1 saturated heterocycles. The first-order valence-corrected chi connectivity index (χ1v) is 10.1. The maximum absolute atomic E-state index is 12.6. The standard InChI is InChI=1S/C24H26N2O3/c27-24(25-17-22(23-9-6-16-28-23)26-14-4-5-15-26)20-12-10-19(11-13-20)18-29-21-7-2-1-3-8-21/h1-3,6-13,16,22H,4-5,14-15,17-18H2,(H,25,27)/t22-/m1/s1. The molecule has 0 unspecified atom stereocenters. The van der Waals surface area contributed by atoms with Crippen LogP contribution in [-0.2, 0) is 6.61 Å². The SMILES string of the molecule is O=C(NC[C@H](c1ccco1)N1CCCC1)c1ccc(COc2ccccc2)cc1. The van der Waals surface area contributed by atoms with Gasteiger partial charge in [-0.3, -0.25) is 9.69 Å². The number of ether oxygens (including phenoxy) is 1. The van der Waals surface area contributed by atoms with Gasteiger partial charge in [0.05, 0.1) is 12.3 Å². The summed E-state index contributed by atoms with van der Waals surface area (Å²) in [6.07, 6.45) is 4.08. The third-order valence-electron chi connectivity index (χ3n) is 5.27. The molecule has 1 atom stereocenters. The van der Waals surface area contributed by atoms with Crippen LogP contribution in [0, 0.1) is 0 Å². The predicted octanol–water partition coefficient (Wildman–Crippen LogP) is 4.43. The average molecular weight is 390 g/mol. The molecular weight excluding hydrogens is 364 g/mol. The maximum atomic E-state index is 12.6. The quantitative estimate of drug-likeness (QED) is 0.618. The number of carbonyl (C=O) groups excluding carboxylic acids is 1. The van der Waals surface area contributed by atoms with Gasteiger partial charge in [-0.1, -0.05) is 30.3 Å². The van der Waals surface area contributed by atoms with Gasteiger partial charge in [0.1, 0.15) is 18.1 Å². The predicted molar refractivity (Wildman–Crippen MR) is 112 cm³/mol. The average Bonchev–Trinajstić information content (AvgIpc) is 3.48. The van der Waals surface area contributed by atoms with Crippen molar-refractivity contribution in [1.29, 1.82) is 0 Å². The lowest BCUT2D eigenvalue weighted by molar-refractivity contribution is 0.0933. The van der Waals surface area contributed by atoms with Crippen LogP contribution in [0.5, 0.6) is 5.75 Å². The van der Waals surface area contributed by atoms with E-state index < -0.39 is 0 Å². The van der Waals surface area contributed by atoms with Gasteiger partial charge < -0.3 is 14.5 Å². The van der Waals surface area contributed by atoms with Crippen molar-refractivity contribution in [1.82, 2.24) is 10.2 Å². The molecule has 1 amide bonds. The van der Waals surface area contributed by atoms with Crippen molar-refractivity contribution in [2.45, 2.75) is 25.5 Å². The van der Waals surface area contributed by atoms with E-state index in [0.29, 0.717) is 18.7 Å². The van der Waals surface area contributed by atoms with Crippen molar-refractivity contribution in [3.05, 3.63) is 89.9 Å². The van der Waals surface area contributed by atoms with Crippen molar-refractivity contribution in [3.8, 4) is 5.75 Å². The molecule has 0 spiro atoms. The minimum atomic E-state index is -0.0729. The highest BCUT2D eigenvalue weighted by molar-refractivity contribution is 5.94. The molecule has 5 nitrogen and oxygen atoms in total. The Hall–Kier alpha value is -3.05. The molecule has 5 heteroatoms. The summed E-state index contributed by atoms with van der Waals surface area (Å²) in [4.78, 5) is 15.0. The van der Waals surface area contributed by atoms with Crippen LogP contribution in [0.3, 0.4) is 0 Å². The van der Waals surface area contributed by atoms with Crippen molar-refractivity contribution in [2.75, 3.05) is 19.6 Å². The highest BCUT2D eigenvalue weighted by Gasteiger charge is 2.26. The Bertz CT molecular complexity index is 886. The second-order valence-corrected chi connectivity index (χ2v) is 7.28. The Kier molecular flexibility index (Phi) is 6.27. The van der Waals surface area contributed by atoms with Gasteiger partial charge in [0.25, 0.3) is 5.91 Å². The zero-order chi connectivity index (χ0) is 19.9. The van der Waals surface area contributed by atoms with Gasteiger partial charge in [0, 0.05) is 12.1 Å². The van der Waals surface area contributed by atoms with E-state index in [0.717, 1.165) is 30.2 Å². The minimum absolute atomic E-state index is 0.0729. The molecule has 1 aromatic heterocycles. The minimum Gasteiger partial charge on any atom is -0.489 e. The summed E-state index contributed by atoms with van der Waals surface area (Å²) in [5.74, 6) is 1.66. The molecular formula is C24H26N2O3. The molecule has 0 radical (unpaired) electrons. The molecule has 1 aliphatic rings. The molecule has 150 valence electrons. The van der Waals surface area contributed by atoms with Gasteiger partial charge >= 0.3 is 0 Å². The Labute approximate surface area is 171 Å². The number of rotatable bonds is 8. The summed E-state index contributed by atoms with van der Waals surface area (Å²) < 4.78 is 11.4. The molecule has 1 fully saturated rings. The summed E-state index contributed by atoms with van der Waals surface area (Å²) in [5, 5.41) is 3.07. The summed E-state index contributed by atoms with van der Waals surface area (Å²) in [6, 6.07) is 21.2. The first kappa shape index (κ1) is 19.3. The summed E-state index contributed by atoms with van der Waals surface area (Å²) >= 11 is 0. The number of furan rings is 1. The molecule has 0 bridgehead atoms. The lowest BCUT2D eigenvalue weighted by atomic mass is 10.1. The zero-order valence-corrected chi connectivity index (χ0v) is 16.4. The van der Waals surface area contributed by atoms with E-state index in [1.807, 2.05) is 66.7 Å². The Morgan fingerprint density at radius 3 is 2.45 bits per heavy atom. The summed E-state index contributed by atoms with van der Waals surface area (Å²) in [5.41, 5.74) is 1.67. The molecule has 1 aliphatic heterocycles.